The third-order valence-electron chi connectivity index (χ3n) is 4.02. The number of pyridine rings is 1. The SMILES string of the molecule is CC(C)Cc1cc2c(N)ncnc2nc1-c1ccc(N(C)C)cc1. The molecule has 0 atom stereocenters. The van der Waals surface area contributed by atoms with Crippen LogP contribution in [-0.2, 0) is 6.42 Å². The maximum absolute atomic E-state index is 6.00. The Balaban J connectivity index is 2.17. The van der Waals surface area contributed by atoms with Gasteiger partial charge in [-0.25, -0.2) is 15.0 Å². The Bertz CT molecular complexity index is 854. The van der Waals surface area contributed by atoms with Crippen LogP contribution >= 0.6 is 0 Å². The van der Waals surface area contributed by atoms with Crippen LogP contribution in [0, 0.1) is 5.92 Å². The van der Waals surface area contributed by atoms with Gasteiger partial charge in [0, 0.05) is 25.3 Å². The van der Waals surface area contributed by atoms with E-state index in [1.54, 1.807) is 0 Å². The van der Waals surface area contributed by atoms with E-state index in [0.29, 0.717) is 17.4 Å². The van der Waals surface area contributed by atoms with Gasteiger partial charge in [-0.2, -0.15) is 0 Å². The van der Waals surface area contributed by atoms with Gasteiger partial charge in [0.1, 0.15) is 12.1 Å². The van der Waals surface area contributed by atoms with Crippen molar-refractivity contribution in [2.45, 2.75) is 20.3 Å². The molecule has 3 aromatic rings. The summed E-state index contributed by atoms with van der Waals surface area (Å²) in [4.78, 5) is 15.2. The molecule has 0 amide bonds. The first-order valence-electron chi connectivity index (χ1n) is 8.13. The average molecular weight is 321 g/mol. The van der Waals surface area contributed by atoms with Crippen LogP contribution in [0.15, 0.2) is 36.7 Å². The Morgan fingerprint density at radius 2 is 1.79 bits per heavy atom. The third-order valence-corrected chi connectivity index (χ3v) is 4.02. The standard InChI is InChI=1S/C19H23N5/c1-12(2)9-14-10-16-18(20)21-11-22-19(16)23-17(14)13-5-7-15(8-6-13)24(3)4/h5-8,10-12H,9H2,1-4H3,(H2,20,21,22,23). The second-order valence-electron chi connectivity index (χ2n) is 6.67. The van der Waals surface area contributed by atoms with Gasteiger partial charge >= 0.3 is 0 Å². The molecule has 0 radical (unpaired) electrons. The number of nitrogen functional groups attached to an aromatic ring is 1. The minimum absolute atomic E-state index is 0.479. The van der Waals surface area contributed by atoms with Gasteiger partial charge in [0.2, 0.25) is 0 Å². The molecule has 5 heteroatoms. The Morgan fingerprint density at radius 3 is 2.42 bits per heavy atom. The average Bonchev–Trinajstić information content (AvgIpc) is 2.55. The molecule has 0 aliphatic heterocycles. The predicted octanol–water partition coefficient (Wildman–Crippen LogP) is 3.54. The number of benzene rings is 1. The summed E-state index contributed by atoms with van der Waals surface area (Å²) < 4.78 is 0. The monoisotopic (exact) mass is 321 g/mol. The number of rotatable bonds is 4. The zero-order valence-corrected chi connectivity index (χ0v) is 14.6. The minimum Gasteiger partial charge on any atom is -0.383 e. The summed E-state index contributed by atoms with van der Waals surface area (Å²) in [6.07, 6.45) is 2.40. The Morgan fingerprint density at radius 1 is 1.08 bits per heavy atom. The lowest BCUT2D eigenvalue weighted by Crippen LogP contribution is -2.08. The van der Waals surface area contributed by atoms with Gasteiger partial charge < -0.3 is 10.6 Å². The van der Waals surface area contributed by atoms with Crippen LogP contribution in [0.1, 0.15) is 19.4 Å². The van der Waals surface area contributed by atoms with Crippen LogP contribution in [0.3, 0.4) is 0 Å². The summed E-state index contributed by atoms with van der Waals surface area (Å²) in [5.41, 5.74) is 11.0. The van der Waals surface area contributed by atoms with Crippen LogP contribution in [0.25, 0.3) is 22.3 Å². The number of hydrogen-bond donors (Lipinski definition) is 1. The van der Waals surface area contributed by atoms with Crippen molar-refractivity contribution in [1.29, 1.82) is 0 Å². The summed E-state index contributed by atoms with van der Waals surface area (Å²) in [6, 6.07) is 10.5. The van der Waals surface area contributed by atoms with E-state index in [1.807, 2.05) is 14.1 Å². The zero-order valence-electron chi connectivity index (χ0n) is 14.6. The highest BCUT2D eigenvalue weighted by molar-refractivity contribution is 5.88. The number of anilines is 2. The first-order valence-corrected chi connectivity index (χ1v) is 8.13. The van der Waals surface area contributed by atoms with Gasteiger partial charge in [-0.15, -0.1) is 0 Å². The quantitative estimate of drug-likeness (QED) is 0.796. The molecule has 0 saturated carbocycles. The van der Waals surface area contributed by atoms with E-state index >= 15 is 0 Å². The van der Waals surface area contributed by atoms with E-state index in [9.17, 15) is 0 Å². The summed E-state index contributed by atoms with van der Waals surface area (Å²) in [5, 5.41) is 0.821. The summed E-state index contributed by atoms with van der Waals surface area (Å²) >= 11 is 0. The Labute approximate surface area is 142 Å². The molecule has 3 rings (SSSR count). The fourth-order valence-electron chi connectivity index (χ4n) is 2.81. The number of hydrogen-bond acceptors (Lipinski definition) is 5. The van der Waals surface area contributed by atoms with E-state index in [4.69, 9.17) is 10.7 Å². The Kier molecular flexibility index (Phi) is 4.34. The van der Waals surface area contributed by atoms with E-state index in [2.05, 4.69) is 59.0 Å². The largest absolute Gasteiger partial charge is 0.383 e. The molecular formula is C19H23N5. The molecule has 0 aliphatic rings. The molecule has 0 spiro atoms. The van der Waals surface area contributed by atoms with E-state index in [1.165, 1.54) is 11.9 Å². The van der Waals surface area contributed by atoms with Crippen molar-refractivity contribution < 1.29 is 0 Å². The van der Waals surface area contributed by atoms with Crippen molar-refractivity contribution in [1.82, 2.24) is 15.0 Å². The van der Waals surface area contributed by atoms with E-state index in [0.717, 1.165) is 28.8 Å². The number of fused-ring (bicyclic) bond motifs is 1. The molecule has 124 valence electrons. The third kappa shape index (κ3) is 3.15. The van der Waals surface area contributed by atoms with Crippen molar-refractivity contribution in [3.8, 4) is 11.3 Å². The van der Waals surface area contributed by atoms with Crippen LogP contribution in [0.5, 0.6) is 0 Å². The maximum Gasteiger partial charge on any atom is 0.165 e. The second kappa shape index (κ2) is 6.43. The van der Waals surface area contributed by atoms with Gasteiger partial charge in [0.05, 0.1) is 11.1 Å². The highest BCUT2D eigenvalue weighted by Crippen LogP contribution is 2.29. The molecular weight excluding hydrogens is 298 g/mol. The normalized spacial score (nSPS) is 11.2. The molecule has 24 heavy (non-hydrogen) atoms. The van der Waals surface area contributed by atoms with Crippen LogP contribution in [0.4, 0.5) is 11.5 Å². The van der Waals surface area contributed by atoms with Crippen molar-refractivity contribution >= 4 is 22.5 Å². The van der Waals surface area contributed by atoms with Crippen LogP contribution in [0.2, 0.25) is 0 Å². The molecule has 2 aromatic heterocycles. The second-order valence-corrected chi connectivity index (χ2v) is 6.67. The molecule has 2 heterocycles. The topological polar surface area (TPSA) is 67.9 Å². The van der Waals surface area contributed by atoms with Gasteiger partial charge in [-0.1, -0.05) is 26.0 Å². The summed E-state index contributed by atoms with van der Waals surface area (Å²) in [5.74, 6) is 1.00. The molecule has 0 unspecified atom stereocenters. The smallest absolute Gasteiger partial charge is 0.165 e. The lowest BCUT2D eigenvalue weighted by molar-refractivity contribution is 0.647. The zero-order chi connectivity index (χ0) is 17.3. The van der Waals surface area contributed by atoms with Gasteiger partial charge in [-0.05, 0) is 36.1 Å². The first kappa shape index (κ1) is 16.2. The molecule has 0 saturated heterocycles. The molecule has 2 N–H and O–H groups in total. The van der Waals surface area contributed by atoms with E-state index in [-0.39, 0.29) is 0 Å². The highest BCUT2D eigenvalue weighted by Gasteiger charge is 2.13. The number of aromatic nitrogens is 3. The minimum atomic E-state index is 0.479. The highest BCUT2D eigenvalue weighted by atomic mass is 15.1. The molecule has 0 aliphatic carbocycles. The number of nitrogens with two attached hydrogens (primary N) is 1. The Hall–Kier alpha value is -2.69. The van der Waals surface area contributed by atoms with Gasteiger partial charge in [0.15, 0.2) is 5.65 Å². The van der Waals surface area contributed by atoms with Gasteiger partial charge in [0.25, 0.3) is 0 Å². The fourth-order valence-corrected chi connectivity index (χ4v) is 2.81. The van der Waals surface area contributed by atoms with Crippen molar-refractivity contribution in [2.75, 3.05) is 24.7 Å². The van der Waals surface area contributed by atoms with Crippen LogP contribution in [-0.4, -0.2) is 29.0 Å². The lowest BCUT2D eigenvalue weighted by atomic mass is 9.96. The van der Waals surface area contributed by atoms with Crippen molar-refractivity contribution in [3.63, 3.8) is 0 Å². The summed E-state index contributed by atoms with van der Waals surface area (Å²) in [6.45, 7) is 4.40. The molecule has 0 fully saturated rings. The first-order chi connectivity index (χ1) is 11.5. The van der Waals surface area contributed by atoms with Gasteiger partial charge in [-0.3, -0.25) is 0 Å². The molecule has 5 nitrogen and oxygen atoms in total. The molecule has 1 aromatic carbocycles. The van der Waals surface area contributed by atoms with Crippen molar-refractivity contribution in [3.05, 3.63) is 42.2 Å². The van der Waals surface area contributed by atoms with Crippen LogP contribution < -0.4 is 10.6 Å². The fraction of sp³-hybridized carbons (Fsp3) is 0.316. The lowest BCUT2D eigenvalue weighted by Gasteiger charge is -2.15. The summed E-state index contributed by atoms with van der Waals surface area (Å²) in [7, 11) is 4.07. The predicted molar refractivity (Wildman–Crippen MR) is 100 cm³/mol. The number of nitrogens with zero attached hydrogens (tertiary/aromatic N) is 4. The van der Waals surface area contributed by atoms with Crippen molar-refractivity contribution in [2.24, 2.45) is 5.92 Å². The maximum atomic E-state index is 6.00. The van der Waals surface area contributed by atoms with E-state index < -0.39 is 0 Å². The molecule has 0 bridgehead atoms.